The number of methoxy groups -OCH3 is 1. The Balaban J connectivity index is 1.61. The molecule has 0 spiro atoms. The second kappa shape index (κ2) is 7.97. The molecule has 1 saturated heterocycles. The minimum atomic E-state index is -3.70. The summed E-state index contributed by atoms with van der Waals surface area (Å²) in [4.78, 5) is 2.55. The van der Waals surface area contributed by atoms with Crippen LogP contribution >= 0.6 is 0 Å². The number of hydrogen-bond acceptors (Lipinski definition) is 7. The summed E-state index contributed by atoms with van der Waals surface area (Å²) in [6.07, 6.45) is 2.14. The average molecular weight is 421 g/mol. The van der Waals surface area contributed by atoms with Gasteiger partial charge in [-0.15, -0.1) is 0 Å². The van der Waals surface area contributed by atoms with Crippen LogP contribution in [0.5, 0.6) is 5.75 Å². The Morgan fingerprint density at radius 2 is 2.00 bits per heavy atom. The standard InChI is InChI=1S/C20H28N4O4S/c1-13-20(14(2)28-22-13)29(25,26)23-15-4-5-16-17(12-15)19(27-3)7-6-18(16)24-10-8-21-9-11-24/h6-7,15,21,23H,4-5,8-12H2,1-3H3/t15-/m0/s1. The summed E-state index contributed by atoms with van der Waals surface area (Å²) in [7, 11) is -2.03. The van der Waals surface area contributed by atoms with Crippen molar-refractivity contribution in [2.24, 2.45) is 0 Å². The molecule has 0 saturated carbocycles. The number of nitrogens with one attached hydrogen (secondary N) is 2. The number of aryl methyl sites for hydroxylation is 2. The zero-order chi connectivity index (χ0) is 20.6. The number of sulfonamides is 1. The lowest BCUT2D eigenvalue weighted by molar-refractivity contribution is 0.390. The van der Waals surface area contributed by atoms with E-state index < -0.39 is 10.0 Å². The highest BCUT2D eigenvalue weighted by Crippen LogP contribution is 2.37. The van der Waals surface area contributed by atoms with E-state index in [1.807, 2.05) is 6.07 Å². The number of rotatable bonds is 5. The van der Waals surface area contributed by atoms with E-state index in [4.69, 9.17) is 9.26 Å². The summed E-state index contributed by atoms with van der Waals surface area (Å²) >= 11 is 0. The molecule has 0 amide bonds. The lowest BCUT2D eigenvalue weighted by atomic mass is 9.86. The number of ether oxygens (including phenoxy) is 1. The van der Waals surface area contributed by atoms with E-state index in [-0.39, 0.29) is 10.9 Å². The molecule has 8 nitrogen and oxygen atoms in total. The normalized spacial score (nSPS) is 19.8. The Bertz CT molecular complexity index is 977. The quantitative estimate of drug-likeness (QED) is 0.757. The fourth-order valence-electron chi connectivity index (χ4n) is 4.46. The second-order valence-corrected chi connectivity index (χ2v) is 9.35. The third-order valence-electron chi connectivity index (χ3n) is 5.79. The molecule has 158 valence electrons. The summed E-state index contributed by atoms with van der Waals surface area (Å²) < 4.78 is 39.4. The number of benzene rings is 1. The van der Waals surface area contributed by atoms with Crippen molar-refractivity contribution in [2.45, 2.75) is 44.0 Å². The predicted octanol–water partition coefficient (Wildman–Crippen LogP) is 1.55. The SMILES string of the molecule is COc1ccc(N2CCNCC2)c2c1C[C@@H](NS(=O)(=O)c1c(C)noc1C)CC2. The van der Waals surface area contributed by atoms with Crippen LogP contribution in [0.2, 0.25) is 0 Å². The minimum Gasteiger partial charge on any atom is -0.496 e. The van der Waals surface area contributed by atoms with E-state index in [2.05, 4.69) is 26.2 Å². The molecule has 2 N–H and O–H groups in total. The molecule has 9 heteroatoms. The number of aromatic nitrogens is 1. The molecule has 2 aliphatic rings. The Hall–Kier alpha value is -2.10. The van der Waals surface area contributed by atoms with Gasteiger partial charge in [-0.25, -0.2) is 13.1 Å². The van der Waals surface area contributed by atoms with E-state index in [9.17, 15) is 8.42 Å². The van der Waals surface area contributed by atoms with Gasteiger partial charge in [0.25, 0.3) is 0 Å². The first-order chi connectivity index (χ1) is 13.9. The summed E-state index contributed by atoms with van der Waals surface area (Å²) in [5.41, 5.74) is 4.00. The van der Waals surface area contributed by atoms with Gasteiger partial charge in [0.15, 0.2) is 5.76 Å². The van der Waals surface area contributed by atoms with Gasteiger partial charge in [-0.2, -0.15) is 0 Å². The molecule has 1 fully saturated rings. The molecule has 0 bridgehead atoms. The Kier molecular flexibility index (Phi) is 5.54. The first-order valence-electron chi connectivity index (χ1n) is 10.0. The fraction of sp³-hybridized carbons (Fsp3) is 0.550. The Labute approximate surface area is 171 Å². The summed E-state index contributed by atoms with van der Waals surface area (Å²) in [5, 5.41) is 7.16. The van der Waals surface area contributed by atoms with Crippen molar-refractivity contribution in [2.75, 3.05) is 38.2 Å². The highest BCUT2D eigenvalue weighted by atomic mass is 32.2. The maximum atomic E-state index is 12.9. The van der Waals surface area contributed by atoms with E-state index >= 15 is 0 Å². The van der Waals surface area contributed by atoms with Crippen molar-refractivity contribution in [1.82, 2.24) is 15.2 Å². The summed E-state index contributed by atoms with van der Waals surface area (Å²) in [5.74, 6) is 1.13. The van der Waals surface area contributed by atoms with Gasteiger partial charge in [0.1, 0.15) is 16.3 Å². The van der Waals surface area contributed by atoms with Crippen molar-refractivity contribution in [1.29, 1.82) is 0 Å². The molecule has 0 radical (unpaired) electrons. The average Bonchev–Trinajstić information content (AvgIpc) is 3.06. The first kappa shape index (κ1) is 20.2. The number of nitrogens with zero attached hydrogens (tertiary/aromatic N) is 2. The second-order valence-electron chi connectivity index (χ2n) is 7.70. The van der Waals surface area contributed by atoms with Gasteiger partial charge >= 0.3 is 0 Å². The topological polar surface area (TPSA) is 96.7 Å². The number of anilines is 1. The third-order valence-corrected chi connectivity index (χ3v) is 7.56. The molecule has 29 heavy (non-hydrogen) atoms. The molecule has 4 rings (SSSR count). The van der Waals surface area contributed by atoms with Crippen molar-refractivity contribution >= 4 is 15.7 Å². The Morgan fingerprint density at radius 1 is 1.24 bits per heavy atom. The Morgan fingerprint density at radius 3 is 2.66 bits per heavy atom. The molecule has 1 aromatic carbocycles. The van der Waals surface area contributed by atoms with Gasteiger partial charge in [0.2, 0.25) is 10.0 Å². The molecular weight excluding hydrogens is 392 g/mol. The van der Waals surface area contributed by atoms with Crippen LogP contribution in [0.25, 0.3) is 0 Å². The maximum absolute atomic E-state index is 12.9. The molecule has 1 atom stereocenters. The van der Waals surface area contributed by atoms with E-state index in [0.717, 1.165) is 50.3 Å². The molecule has 2 aromatic rings. The number of piperazine rings is 1. The third kappa shape index (κ3) is 3.86. The number of hydrogen-bond donors (Lipinski definition) is 2. The molecular formula is C20H28N4O4S. The van der Waals surface area contributed by atoms with Crippen molar-refractivity contribution in [3.05, 3.63) is 34.7 Å². The zero-order valence-corrected chi connectivity index (χ0v) is 17.9. The van der Waals surface area contributed by atoms with Crippen LogP contribution < -0.4 is 19.7 Å². The van der Waals surface area contributed by atoms with Crippen LogP contribution in [0.4, 0.5) is 5.69 Å². The molecule has 1 aliphatic heterocycles. The van der Waals surface area contributed by atoms with Gasteiger partial charge in [-0.1, -0.05) is 5.16 Å². The predicted molar refractivity (Wildman–Crippen MR) is 110 cm³/mol. The van der Waals surface area contributed by atoms with Crippen LogP contribution in [-0.4, -0.2) is 52.9 Å². The summed E-state index contributed by atoms with van der Waals surface area (Å²) in [6, 6.07) is 3.94. The van der Waals surface area contributed by atoms with Crippen LogP contribution in [0.15, 0.2) is 21.6 Å². The van der Waals surface area contributed by atoms with Crippen molar-refractivity contribution < 1.29 is 17.7 Å². The fourth-order valence-corrected chi connectivity index (χ4v) is 6.06. The smallest absolute Gasteiger partial charge is 0.246 e. The minimum absolute atomic E-state index is 0.143. The monoisotopic (exact) mass is 420 g/mol. The van der Waals surface area contributed by atoms with E-state index in [1.54, 1.807) is 21.0 Å². The van der Waals surface area contributed by atoms with Gasteiger partial charge in [-0.05, 0) is 50.8 Å². The van der Waals surface area contributed by atoms with Gasteiger partial charge in [-0.3, -0.25) is 0 Å². The molecule has 1 aromatic heterocycles. The van der Waals surface area contributed by atoms with Gasteiger partial charge in [0, 0.05) is 43.5 Å². The largest absolute Gasteiger partial charge is 0.496 e. The highest BCUT2D eigenvalue weighted by molar-refractivity contribution is 7.89. The molecule has 2 heterocycles. The van der Waals surface area contributed by atoms with Crippen molar-refractivity contribution in [3.8, 4) is 5.75 Å². The van der Waals surface area contributed by atoms with Crippen LogP contribution in [0.3, 0.4) is 0 Å². The van der Waals surface area contributed by atoms with Crippen LogP contribution in [0.1, 0.15) is 29.0 Å². The van der Waals surface area contributed by atoms with E-state index in [0.29, 0.717) is 17.9 Å². The van der Waals surface area contributed by atoms with Crippen LogP contribution in [0, 0.1) is 13.8 Å². The van der Waals surface area contributed by atoms with Crippen molar-refractivity contribution in [3.63, 3.8) is 0 Å². The molecule has 0 unspecified atom stereocenters. The van der Waals surface area contributed by atoms with Crippen LogP contribution in [-0.2, 0) is 22.9 Å². The van der Waals surface area contributed by atoms with Gasteiger partial charge < -0.3 is 19.5 Å². The lowest BCUT2D eigenvalue weighted by Crippen LogP contribution is -2.44. The maximum Gasteiger partial charge on any atom is 0.246 e. The highest BCUT2D eigenvalue weighted by Gasteiger charge is 2.31. The number of fused-ring (bicyclic) bond motifs is 1. The lowest BCUT2D eigenvalue weighted by Gasteiger charge is -2.35. The van der Waals surface area contributed by atoms with Gasteiger partial charge in [0.05, 0.1) is 7.11 Å². The zero-order valence-electron chi connectivity index (χ0n) is 17.1. The summed E-state index contributed by atoms with van der Waals surface area (Å²) in [6.45, 7) is 7.15. The molecule has 1 aliphatic carbocycles. The van der Waals surface area contributed by atoms with E-state index in [1.165, 1.54) is 11.3 Å². The first-order valence-corrected chi connectivity index (χ1v) is 11.5.